The minimum Gasteiger partial charge on any atom is -0.293 e. The molecule has 0 radical (unpaired) electrons. The number of rotatable bonds is 5. The lowest BCUT2D eigenvalue weighted by molar-refractivity contribution is 0.102. The van der Waals surface area contributed by atoms with Crippen LogP contribution in [0.3, 0.4) is 0 Å². The predicted octanol–water partition coefficient (Wildman–Crippen LogP) is 5.56. The van der Waals surface area contributed by atoms with Crippen molar-refractivity contribution in [1.82, 2.24) is 9.78 Å². The highest BCUT2D eigenvalue weighted by Gasteiger charge is 2.13. The Labute approximate surface area is 160 Å². The standard InChI is InChI=1S/C19H18N2OS3/c1-12-8-9-15(14(3)10-12)17(22)11-24-18-20-21(19(23)25-18)16-7-5-4-6-13(16)2/h4-10H,11H2,1-3H3. The molecule has 0 saturated heterocycles. The van der Waals surface area contributed by atoms with Gasteiger partial charge in [0.1, 0.15) is 0 Å². The second kappa shape index (κ2) is 7.64. The zero-order chi connectivity index (χ0) is 18.0. The number of Topliss-reactive ketones (excluding diaryl/α,β-unsaturated/α-hetero) is 1. The molecule has 0 fully saturated rings. The fourth-order valence-corrected chi connectivity index (χ4v) is 4.83. The third kappa shape index (κ3) is 4.08. The Morgan fingerprint density at radius 3 is 2.64 bits per heavy atom. The summed E-state index contributed by atoms with van der Waals surface area (Å²) in [6, 6.07) is 13.9. The van der Waals surface area contributed by atoms with E-state index in [1.807, 2.05) is 63.2 Å². The highest BCUT2D eigenvalue weighted by Crippen LogP contribution is 2.26. The van der Waals surface area contributed by atoms with Gasteiger partial charge >= 0.3 is 0 Å². The summed E-state index contributed by atoms with van der Waals surface area (Å²) < 4.78 is 3.28. The van der Waals surface area contributed by atoms with Crippen molar-refractivity contribution < 1.29 is 4.79 Å². The molecule has 25 heavy (non-hydrogen) atoms. The van der Waals surface area contributed by atoms with Crippen LogP contribution in [-0.2, 0) is 0 Å². The number of nitrogens with zero attached hydrogens (tertiary/aromatic N) is 2. The molecule has 0 spiro atoms. The summed E-state index contributed by atoms with van der Waals surface area (Å²) in [6.45, 7) is 6.04. The van der Waals surface area contributed by atoms with Crippen LogP contribution >= 0.6 is 35.3 Å². The largest absolute Gasteiger partial charge is 0.293 e. The molecule has 6 heteroatoms. The third-order valence-corrected chi connectivity index (χ3v) is 6.25. The number of ketones is 1. The number of carbonyl (C=O) groups is 1. The van der Waals surface area contributed by atoms with Crippen LogP contribution in [0, 0.1) is 24.7 Å². The van der Waals surface area contributed by atoms with Crippen molar-refractivity contribution >= 4 is 41.1 Å². The summed E-state index contributed by atoms with van der Waals surface area (Å²) in [5.41, 5.74) is 5.06. The molecule has 0 atom stereocenters. The first-order valence-corrected chi connectivity index (χ1v) is 10.1. The van der Waals surface area contributed by atoms with Crippen LogP contribution in [0.2, 0.25) is 0 Å². The van der Waals surface area contributed by atoms with Crippen molar-refractivity contribution in [2.24, 2.45) is 0 Å². The molecule has 0 bridgehead atoms. The molecule has 1 aromatic heterocycles. The van der Waals surface area contributed by atoms with E-state index >= 15 is 0 Å². The molecular formula is C19H18N2OS3. The van der Waals surface area contributed by atoms with Crippen molar-refractivity contribution in [2.45, 2.75) is 25.1 Å². The summed E-state index contributed by atoms with van der Waals surface area (Å²) in [7, 11) is 0. The summed E-state index contributed by atoms with van der Waals surface area (Å²) in [5.74, 6) is 0.478. The Kier molecular flexibility index (Phi) is 5.51. The first kappa shape index (κ1) is 18.0. The lowest BCUT2D eigenvalue weighted by Crippen LogP contribution is -2.05. The second-order valence-corrected chi connectivity index (χ2v) is 8.71. The van der Waals surface area contributed by atoms with Gasteiger partial charge in [0.05, 0.1) is 11.4 Å². The zero-order valence-corrected chi connectivity index (χ0v) is 16.7. The Morgan fingerprint density at radius 2 is 1.92 bits per heavy atom. The minimum absolute atomic E-state index is 0.117. The molecule has 128 valence electrons. The van der Waals surface area contributed by atoms with E-state index in [1.165, 1.54) is 23.1 Å². The summed E-state index contributed by atoms with van der Waals surface area (Å²) in [4.78, 5) is 12.5. The third-order valence-electron chi connectivity index (χ3n) is 3.88. The molecular weight excluding hydrogens is 368 g/mol. The first-order chi connectivity index (χ1) is 12.0. The lowest BCUT2D eigenvalue weighted by atomic mass is 10.0. The Balaban J connectivity index is 1.76. The number of aromatic nitrogens is 2. The van der Waals surface area contributed by atoms with Gasteiger partial charge < -0.3 is 0 Å². The summed E-state index contributed by atoms with van der Waals surface area (Å²) in [5, 5.41) is 4.58. The van der Waals surface area contributed by atoms with Gasteiger partial charge in [-0.2, -0.15) is 0 Å². The molecule has 3 nitrogen and oxygen atoms in total. The van der Waals surface area contributed by atoms with E-state index in [2.05, 4.69) is 5.10 Å². The molecule has 3 aromatic rings. The van der Waals surface area contributed by atoms with Crippen LogP contribution in [0.5, 0.6) is 0 Å². The predicted molar refractivity (Wildman–Crippen MR) is 108 cm³/mol. The van der Waals surface area contributed by atoms with Crippen molar-refractivity contribution in [3.8, 4) is 5.69 Å². The lowest BCUT2D eigenvalue weighted by Gasteiger charge is -2.05. The van der Waals surface area contributed by atoms with Crippen molar-refractivity contribution in [1.29, 1.82) is 0 Å². The smallest absolute Gasteiger partial charge is 0.184 e. The maximum absolute atomic E-state index is 12.5. The zero-order valence-electron chi connectivity index (χ0n) is 14.3. The van der Waals surface area contributed by atoms with E-state index in [0.717, 1.165) is 32.3 Å². The van der Waals surface area contributed by atoms with E-state index < -0.39 is 0 Å². The highest BCUT2D eigenvalue weighted by atomic mass is 32.2. The van der Waals surface area contributed by atoms with Crippen LogP contribution in [0.15, 0.2) is 46.8 Å². The quantitative estimate of drug-likeness (QED) is 0.326. The number of carbonyl (C=O) groups excluding carboxylic acids is 1. The van der Waals surface area contributed by atoms with Gasteiger partial charge in [0.15, 0.2) is 14.1 Å². The maximum Gasteiger partial charge on any atom is 0.184 e. The second-order valence-electron chi connectivity index (χ2n) is 5.86. The highest BCUT2D eigenvalue weighted by molar-refractivity contribution is 8.01. The monoisotopic (exact) mass is 386 g/mol. The average Bonchev–Trinajstić information content (AvgIpc) is 2.94. The molecule has 0 aliphatic rings. The number of thioether (sulfide) groups is 1. The molecule has 0 saturated carbocycles. The van der Waals surface area contributed by atoms with Crippen LogP contribution in [0.25, 0.3) is 5.69 Å². The first-order valence-electron chi connectivity index (χ1n) is 7.85. The Bertz CT molecular complexity index is 988. The Morgan fingerprint density at radius 1 is 1.16 bits per heavy atom. The molecule has 0 aliphatic carbocycles. The molecule has 0 aliphatic heterocycles. The number of benzene rings is 2. The number of hydrogen-bond acceptors (Lipinski definition) is 5. The summed E-state index contributed by atoms with van der Waals surface area (Å²) in [6.07, 6.45) is 0. The van der Waals surface area contributed by atoms with Gasteiger partial charge in [-0.1, -0.05) is 65.1 Å². The van der Waals surface area contributed by atoms with Gasteiger partial charge in [-0.05, 0) is 50.2 Å². The van der Waals surface area contributed by atoms with Crippen LogP contribution < -0.4 is 0 Å². The minimum atomic E-state index is 0.117. The number of aryl methyl sites for hydroxylation is 3. The fourth-order valence-electron chi connectivity index (χ4n) is 2.60. The topological polar surface area (TPSA) is 34.9 Å². The van der Waals surface area contributed by atoms with Crippen LogP contribution in [0.1, 0.15) is 27.0 Å². The SMILES string of the molecule is Cc1ccc(C(=O)CSc2nn(-c3ccccc3C)c(=S)s2)c(C)c1. The number of para-hydroxylation sites is 1. The van der Waals surface area contributed by atoms with Gasteiger partial charge in [0.25, 0.3) is 0 Å². The molecule has 0 amide bonds. The maximum atomic E-state index is 12.5. The van der Waals surface area contributed by atoms with E-state index in [-0.39, 0.29) is 5.78 Å². The van der Waals surface area contributed by atoms with E-state index in [4.69, 9.17) is 12.2 Å². The normalized spacial score (nSPS) is 10.8. The van der Waals surface area contributed by atoms with Gasteiger partial charge in [0, 0.05) is 5.56 Å². The Hall–Kier alpha value is -1.76. The summed E-state index contributed by atoms with van der Waals surface area (Å²) >= 11 is 8.32. The van der Waals surface area contributed by atoms with Gasteiger partial charge in [-0.25, -0.2) is 4.68 Å². The van der Waals surface area contributed by atoms with Crippen molar-refractivity contribution in [3.63, 3.8) is 0 Å². The number of hydrogen-bond donors (Lipinski definition) is 0. The van der Waals surface area contributed by atoms with E-state index in [9.17, 15) is 4.79 Å². The molecule has 2 aromatic carbocycles. The molecule has 0 N–H and O–H groups in total. The van der Waals surface area contributed by atoms with E-state index in [1.54, 1.807) is 4.68 Å². The van der Waals surface area contributed by atoms with Crippen molar-refractivity contribution in [2.75, 3.05) is 5.75 Å². The molecule has 3 rings (SSSR count). The van der Waals surface area contributed by atoms with Gasteiger partial charge in [-0.15, -0.1) is 5.10 Å². The van der Waals surface area contributed by atoms with Crippen LogP contribution in [-0.4, -0.2) is 21.3 Å². The molecule has 1 heterocycles. The van der Waals surface area contributed by atoms with E-state index in [0.29, 0.717) is 9.71 Å². The fraction of sp³-hybridized carbons (Fsp3) is 0.211. The van der Waals surface area contributed by atoms with Crippen LogP contribution in [0.4, 0.5) is 0 Å². The van der Waals surface area contributed by atoms with Crippen molar-refractivity contribution in [3.05, 3.63) is 68.7 Å². The van der Waals surface area contributed by atoms with Gasteiger partial charge in [-0.3, -0.25) is 4.79 Å². The average molecular weight is 387 g/mol. The molecule has 0 unspecified atom stereocenters. The van der Waals surface area contributed by atoms with Gasteiger partial charge in [0.2, 0.25) is 0 Å².